The van der Waals surface area contributed by atoms with Gasteiger partial charge in [-0.05, 0) is 31.0 Å². The maximum atomic E-state index is 13.7. The Balaban J connectivity index is 2.33. The number of rotatable bonds is 4. The van der Waals surface area contributed by atoms with Crippen LogP contribution in [0.5, 0.6) is 0 Å². The minimum absolute atomic E-state index is 0.0357. The highest BCUT2D eigenvalue weighted by molar-refractivity contribution is 5.67. The number of halogens is 1. The Kier molecular flexibility index (Phi) is 3.41. The Morgan fingerprint density at radius 3 is 2.89 bits per heavy atom. The standard InChI is InChI=1S/C13H13FN2O2/c1-9-15-6-7-16(9)12-8-10(2-4-11(12)14)3-5-13(17)18/h2,4,6-8H,3,5H2,1H3,(H,17,18). The summed E-state index contributed by atoms with van der Waals surface area (Å²) in [5.41, 5.74) is 1.19. The van der Waals surface area contributed by atoms with Gasteiger partial charge in [0.25, 0.3) is 0 Å². The summed E-state index contributed by atoms with van der Waals surface area (Å²) in [6, 6.07) is 4.62. The third-order valence-corrected chi connectivity index (χ3v) is 2.72. The normalized spacial score (nSPS) is 10.6. The Labute approximate surface area is 104 Å². The highest BCUT2D eigenvalue weighted by atomic mass is 19.1. The van der Waals surface area contributed by atoms with E-state index in [9.17, 15) is 9.18 Å². The van der Waals surface area contributed by atoms with Crippen LogP contribution >= 0.6 is 0 Å². The van der Waals surface area contributed by atoms with Gasteiger partial charge in [-0.2, -0.15) is 0 Å². The maximum absolute atomic E-state index is 13.7. The lowest BCUT2D eigenvalue weighted by atomic mass is 10.1. The van der Waals surface area contributed by atoms with Crippen molar-refractivity contribution in [3.63, 3.8) is 0 Å². The van der Waals surface area contributed by atoms with E-state index >= 15 is 0 Å². The molecule has 1 heterocycles. The van der Waals surface area contributed by atoms with Gasteiger partial charge in [-0.15, -0.1) is 0 Å². The van der Waals surface area contributed by atoms with Crippen LogP contribution in [0.2, 0.25) is 0 Å². The van der Waals surface area contributed by atoms with Crippen LogP contribution in [-0.2, 0) is 11.2 Å². The van der Waals surface area contributed by atoms with E-state index in [0.29, 0.717) is 17.9 Å². The molecule has 0 saturated carbocycles. The molecule has 0 aliphatic heterocycles. The molecule has 0 unspecified atom stereocenters. The lowest BCUT2D eigenvalue weighted by Crippen LogP contribution is -2.02. The second-order valence-electron chi connectivity index (χ2n) is 4.02. The van der Waals surface area contributed by atoms with Crippen LogP contribution in [0.1, 0.15) is 17.8 Å². The summed E-state index contributed by atoms with van der Waals surface area (Å²) in [7, 11) is 0. The predicted molar refractivity (Wildman–Crippen MR) is 64.2 cm³/mol. The summed E-state index contributed by atoms with van der Waals surface area (Å²) in [5, 5.41) is 8.64. The van der Waals surface area contributed by atoms with Gasteiger partial charge in [0, 0.05) is 18.8 Å². The highest BCUT2D eigenvalue weighted by Crippen LogP contribution is 2.18. The monoisotopic (exact) mass is 248 g/mol. The van der Waals surface area contributed by atoms with Gasteiger partial charge >= 0.3 is 5.97 Å². The minimum atomic E-state index is -0.861. The van der Waals surface area contributed by atoms with Gasteiger partial charge in [-0.3, -0.25) is 4.79 Å². The molecule has 1 aromatic carbocycles. The third kappa shape index (κ3) is 2.56. The van der Waals surface area contributed by atoms with Crippen molar-refractivity contribution in [2.75, 3.05) is 0 Å². The van der Waals surface area contributed by atoms with Crippen molar-refractivity contribution in [1.29, 1.82) is 0 Å². The van der Waals surface area contributed by atoms with Gasteiger partial charge in [0.05, 0.1) is 5.69 Å². The van der Waals surface area contributed by atoms with E-state index < -0.39 is 5.97 Å². The molecule has 2 aromatic rings. The summed E-state index contributed by atoms with van der Waals surface area (Å²) >= 11 is 0. The van der Waals surface area contributed by atoms with Gasteiger partial charge in [0.1, 0.15) is 11.6 Å². The van der Waals surface area contributed by atoms with Gasteiger partial charge in [0.15, 0.2) is 0 Å². The average Bonchev–Trinajstić information content (AvgIpc) is 2.74. The number of aryl methyl sites for hydroxylation is 2. The number of nitrogens with zero attached hydrogens (tertiary/aromatic N) is 2. The SMILES string of the molecule is Cc1nccn1-c1cc(CCC(=O)O)ccc1F. The number of aromatic nitrogens is 2. The van der Waals surface area contributed by atoms with Crippen LogP contribution in [0.3, 0.4) is 0 Å². The average molecular weight is 248 g/mol. The Morgan fingerprint density at radius 1 is 1.50 bits per heavy atom. The molecule has 0 fully saturated rings. The molecular weight excluding hydrogens is 235 g/mol. The van der Waals surface area contributed by atoms with Crippen molar-refractivity contribution in [3.05, 3.63) is 47.8 Å². The smallest absolute Gasteiger partial charge is 0.303 e. The van der Waals surface area contributed by atoms with Crippen LogP contribution in [0.25, 0.3) is 5.69 Å². The Hall–Kier alpha value is -2.17. The first-order valence-electron chi connectivity index (χ1n) is 5.58. The molecule has 0 spiro atoms. The first kappa shape index (κ1) is 12.3. The topological polar surface area (TPSA) is 55.1 Å². The molecule has 0 atom stereocenters. The largest absolute Gasteiger partial charge is 0.481 e. The van der Waals surface area contributed by atoms with Crippen molar-refractivity contribution in [2.45, 2.75) is 19.8 Å². The van der Waals surface area contributed by atoms with Crippen LogP contribution < -0.4 is 0 Å². The molecule has 2 rings (SSSR count). The molecule has 0 aliphatic rings. The zero-order valence-corrected chi connectivity index (χ0v) is 9.93. The molecule has 0 bridgehead atoms. The molecule has 5 heteroatoms. The van der Waals surface area contributed by atoms with Gasteiger partial charge in [-0.1, -0.05) is 6.07 Å². The van der Waals surface area contributed by atoms with E-state index in [1.54, 1.807) is 36.0 Å². The van der Waals surface area contributed by atoms with E-state index in [-0.39, 0.29) is 12.2 Å². The number of carboxylic acids is 1. The number of hydrogen-bond acceptors (Lipinski definition) is 2. The first-order chi connectivity index (χ1) is 8.58. The fraction of sp³-hybridized carbons (Fsp3) is 0.231. The van der Waals surface area contributed by atoms with Crippen LogP contribution in [0.15, 0.2) is 30.6 Å². The zero-order chi connectivity index (χ0) is 13.1. The summed E-state index contributed by atoms with van der Waals surface area (Å²) in [5.74, 6) is -0.529. The summed E-state index contributed by atoms with van der Waals surface area (Å²) in [4.78, 5) is 14.6. The fourth-order valence-electron chi connectivity index (χ4n) is 1.78. The highest BCUT2D eigenvalue weighted by Gasteiger charge is 2.08. The van der Waals surface area contributed by atoms with E-state index in [1.807, 2.05) is 0 Å². The number of imidazole rings is 1. The molecule has 4 nitrogen and oxygen atoms in total. The molecule has 0 radical (unpaired) electrons. The van der Waals surface area contributed by atoms with Crippen molar-refractivity contribution < 1.29 is 14.3 Å². The molecule has 0 aliphatic carbocycles. The number of carboxylic acid groups (broad SMARTS) is 1. The second-order valence-corrected chi connectivity index (χ2v) is 4.02. The van der Waals surface area contributed by atoms with Crippen LogP contribution in [-0.4, -0.2) is 20.6 Å². The fourth-order valence-corrected chi connectivity index (χ4v) is 1.78. The summed E-state index contributed by atoms with van der Waals surface area (Å²) < 4.78 is 15.4. The molecule has 18 heavy (non-hydrogen) atoms. The third-order valence-electron chi connectivity index (χ3n) is 2.72. The van der Waals surface area contributed by atoms with Crippen molar-refractivity contribution in [1.82, 2.24) is 9.55 Å². The quantitative estimate of drug-likeness (QED) is 0.903. The first-order valence-corrected chi connectivity index (χ1v) is 5.58. The van der Waals surface area contributed by atoms with Crippen LogP contribution in [0, 0.1) is 12.7 Å². The second kappa shape index (κ2) is 5.00. The minimum Gasteiger partial charge on any atom is -0.481 e. The maximum Gasteiger partial charge on any atom is 0.303 e. The van der Waals surface area contributed by atoms with Gasteiger partial charge in [-0.25, -0.2) is 9.37 Å². The molecule has 1 N–H and O–H groups in total. The Bertz CT molecular complexity index is 578. The molecule has 0 amide bonds. The van der Waals surface area contributed by atoms with Crippen molar-refractivity contribution in [3.8, 4) is 5.69 Å². The van der Waals surface area contributed by atoms with Crippen molar-refractivity contribution >= 4 is 5.97 Å². The predicted octanol–water partition coefficient (Wildman–Crippen LogP) is 2.34. The molecule has 94 valence electrons. The number of benzene rings is 1. The van der Waals surface area contributed by atoms with E-state index in [2.05, 4.69) is 4.98 Å². The van der Waals surface area contributed by atoms with Gasteiger partial charge < -0.3 is 9.67 Å². The van der Waals surface area contributed by atoms with Crippen LogP contribution in [0.4, 0.5) is 4.39 Å². The number of aliphatic carboxylic acids is 1. The summed E-state index contributed by atoms with van der Waals surface area (Å²) in [6.07, 6.45) is 3.69. The Morgan fingerprint density at radius 2 is 2.28 bits per heavy atom. The lowest BCUT2D eigenvalue weighted by Gasteiger charge is -2.08. The molecular formula is C13H13FN2O2. The zero-order valence-electron chi connectivity index (χ0n) is 9.93. The molecule has 1 aromatic heterocycles. The van der Waals surface area contributed by atoms with E-state index in [0.717, 1.165) is 5.56 Å². The summed E-state index contributed by atoms with van der Waals surface area (Å²) in [6.45, 7) is 1.78. The van der Waals surface area contributed by atoms with E-state index in [4.69, 9.17) is 5.11 Å². The van der Waals surface area contributed by atoms with Gasteiger partial charge in [0.2, 0.25) is 0 Å². The lowest BCUT2D eigenvalue weighted by molar-refractivity contribution is -0.136. The van der Waals surface area contributed by atoms with E-state index in [1.165, 1.54) is 6.07 Å². The van der Waals surface area contributed by atoms with Crippen molar-refractivity contribution in [2.24, 2.45) is 0 Å². The number of carbonyl (C=O) groups is 1. The number of hydrogen-bond donors (Lipinski definition) is 1. The molecule has 0 saturated heterocycles.